The average molecular weight is 474 g/mol. The highest BCUT2D eigenvalue weighted by molar-refractivity contribution is 5.34. The van der Waals surface area contributed by atoms with Gasteiger partial charge in [-0.15, -0.1) is 0 Å². The van der Waals surface area contributed by atoms with Crippen molar-refractivity contribution in [2.75, 3.05) is 6.61 Å². The molecule has 0 N–H and O–H groups in total. The summed E-state index contributed by atoms with van der Waals surface area (Å²) >= 11 is 0. The van der Waals surface area contributed by atoms with Gasteiger partial charge in [-0.2, -0.15) is 22.0 Å². The van der Waals surface area contributed by atoms with E-state index in [1.54, 1.807) is 6.92 Å². The van der Waals surface area contributed by atoms with Gasteiger partial charge in [0, 0.05) is 12.1 Å². The third kappa shape index (κ3) is 4.89. The van der Waals surface area contributed by atoms with E-state index in [-0.39, 0.29) is 37.1 Å². The van der Waals surface area contributed by atoms with Crippen LogP contribution in [-0.4, -0.2) is 18.8 Å². The standard InChI is InChI=1S/C20H15F9O3/c1-9-2-5-15(30-8-9)20(28,29)32-14-4-3-11(16(23)18(14)25)19(26,27)31-10-6-12(21)17(24)13(22)7-10/h3-4,6-7,9,15H,2,5,8H2,1H3. The summed E-state index contributed by atoms with van der Waals surface area (Å²) in [5, 5.41) is 0. The number of rotatable bonds is 6. The highest BCUT2D eigenvalue weighted by atomic mass is 19.3. The Morgan fingerprint density at radius 3 is 2.03 bits per heavy atom. The number of benzene rings is 2. The maximum absolute atomic E-state index is 14.3. The van der Waals surface area contributed by atoms with Gasteiger partial charge < -0.3 is 14.2 Å². The van der Waals surface area contributed by atoms with E-state index >= 15 is 0 Å². The summed E-state index contributed by atoms with van der Waals surface area (Å²) < 4.78 is 138. The Balaban J connectivity index is 1.83. The van der Waals surface area contributed by atoms with Gasteiger partial charge in [-0.05, 0) is 30.9 Å². The Kier molecular flexibility index (Phi) is 6.55. The normalized spacial score (nSPS) is 19.7. The molecule has 0 amide bonds. The molecule has 0 bridgehead atoms. The van der Waals surface area contributed by atoms with Crippen molar-refractivity contribution < 1.29 is 53.7 Å². The van der Waals surface area contributed by atoms with Crippen LogP contribution in [-0.2, 0) is 10.8 Å². The molecule has 12 heteroatoms. The lowest BCUT2D eigenvalue weighted by atomic mass is 10.00. The first-order valence-corrected chi connectivity index (χ1v) is 9.20. The maximum atomic E-state index is 14.3. The van der Waals surface area contributed by atoms with E-state index in [2.05, 4.69) is 9.47 Å². The monoisotopic (exact) mass is 474 g/mol. The molecule has 3 nitrogen and oxygen atoms in total. The topological polar surface area (TPSA) is 27.7 Å². The zero-order chi connectivity index (χ0) is 23.8. The number of hydrogen-bond acceptors (Lipinski definition) is 3. The summed E-state index contributed by atoms with van der Waals surface area (Å²) in [5.41, 5.74) is -1.78. The second kappa shape index (κ2) is 8.72. The van der Waals surface area contributed by atoms with Crippen molar-refractivity contribution in [1.82, 2.24) is 0 Å². The molecule has 1 saturated heterocycles. The molecule has 2 aromatic rings. The highest BCUT2D eigenvalue weighted by Crippen LogP contribution is 2.39. The first-order chi connectivity index (χ1) is 14.8. The zero-order valence-corrected chi connectivity index (χ0v) is 16.2. The van der Waals surface area contributed by atoms with Gasteiger partial charge >= 0.3 is 12.2 Å². The van der Waals surface area contributed by atoms with Crippen LogP contribution in [0, 0.1) is 35.0 Å². The summed E-state index contributed by atoms with van der Waals surface area (Å²) in [5.74, 6) is -12.8. The van der Waals surface area contributed by atoms with Gasteiger partial charge in [-0.3, -0.25) is 0 Å². The summed E-state index contributed by atoms with van der Waals surface area (Å²) in [6, 6.07) is 0.632. The summed E-state index contributed by atoms with van der Waals surface area (Å²) in [6.07, 6.45) is -10.3. The third-order valence-corrected chi connectivity index (χ3v) is 4.69. The van der Waals surface area contributed by atoms with Gasteiger partial charge in [0.15, 0.2) is 35.1 Å². The fourth-order valence-corrected chi connectivity index (χ4v) is 2.99. The molecule has 3 rings (SSSR count). The van der Waals surface area contributed by atoms with Crippen LogP contribution in [0.5, 0.6) is 11.5 Å². The smallest absolute Gasteiger partial charge is 0.429 e. The Morgan fingerprint density at radius 2 is 1.47 bits per heavy atom. The first-order valence-electron chi connectivity index (χ1n) is 9.20. The van der Waals surface area contributed by atoms with Crippen LogP contribution in [0.3, 0.4) is 0 Å². The molecule has 176 valence electrons. The SMILES string of the molecule is CC1CCC(C(F)(F)Oc2ccc(C(F)(F)Oc3cc(F)c(F)c(F)c3)c(F)c2F)OC1. The zero-order valence-electron chi connectivity index (χ0n) is 16.2. The minimum absolute atomic E-state index is 0.00642. The predicted octanol–water partition coefficient (Wildman–Crippen LogP) is 6.30. The van der Waals surface area contributed by atoms with E-state index in [1.807, 2.05) is 0 Å². The second-order valence-corrected chi connectivity index (χ2v) is 7.23. The molecular weight excluding hydrogens is 459 g/mol. The predicted molar refractivity (Wildman–Crippen MR) is 90.9 cm³/mol. The van der Waals surface area contributed by atoms with Crippen LogP contribution in [0.4, 0.5) is 39.5 Å². The van der Waals surface area contributed by atoms with Crippen molar-refractivity contribution in [1.29, 1.82) is 0 Å². The Bertz CT molecular complexity index is 966. The van der Waals surface area contributed by atoms with E-state index in [1.165, 1.54) is 0 Å². The summed E-state index contributed by atoms with van der Waals surface area (Å²) in [7, 11) is 0. The third-order valence-electron chi connectivity index (χ3n) is 4.69. The maximum Gasteiger partial charge on any atom is 0.429 e. The van der Waals surface area contributed by atoms with E-state index in [0.29, 0.717) is 12.5 Å². The lowest BCUT2D eigenvalue weighted by Gasteiger charge is -2.32. The lowest BCUT2D eigenvalue weighted by Crippen LogP contribution is -2.44. The number of halogens is 9. The molecule has 2 atom stereocenters. The Hall–Kier alpha value is -2.63. The van der Waals surface area contributed by atoms with Crippen molar-refractivity contribution in [2.45, 2.75) is 38.1 Å². The van der Waals surface area contributed by atoms with Crippen LogP contribution in [0.25, 0.3) is 0 Å². The molecule has 2 unspecified atom stereocenters. The molecule has 1 fully saturated rings. The average Bonchev–Trinajstić information content (AvgIpc) is 2.69. The Morgan fingerprint density at radius 1 is 0.844 bits per heavy atom. The van der Waals surface area contributed by atoms with Gasteiger partial charge in [0.05, 0.1) is 6.61 Å². The molecule has 0 saturated carbocycles. The van der Waals surface area contributed by atoms with Crippen LogP contribution in [0.2, 0.25) is 0 Å². The second-order valence-electron chi connectivity index (χ2n) is 7.23. The van der Waals surface area contributed by atoms with E-state index in [0.717, 1.165) is 0 Å². The molecule has 1 aliphatic heterocycles. The van der Waals surface area contributed by atoms with Gasteiger partial charge in [-0.1, -0.05) is 6.92 Å². The van der Waals surface area contributed by atoms with E-state index < -0.39 is 64.5 Å². The van der Waals surface area contributed by atoms with Gasteiger partial charge in [0.1, 0.15) is 11.3 Å². The van der Waals surface area contributed by atoms with Gasteiger partial charge in [0.2, 0.25) is 5.82 Å². The molecule has 0 aromatic heterocycles. The number of hydrogen-bond donors (Lipinski definition) is 0. The van der Waals surface area contributed by atoms with Gasteiger partial charge in [0.25, 0.3) is 0 Å². The van der Waals surface area contributed by atoms with E-state index in [9.17, 15) is 39.5 Å². The molecule has 2 aromatic carbocycles. The molecule has 0 spiro atoms. The largest absolute Gasteiger partial charge is 0.429 e. The highest BCUT2D eigenvalue weighted by Gasteiger charge is 2.46. The minimum atomic E-state index is -4.72. The van der Waals surface area contributed by atoms with Crippen molar-refractivity contribution in [2.24, 2.45) is 5.92 Å². The fourth-order valence-electron chi connectivity index (χ4n) is 2.99. The number of alkyl halides is 4. The van der Waals surface area contributed by atoms with Crippen molar-refractivity contribution in [3.8, 4) is 11.5 Å². The summed E-state index contributed by atoms with van der Waals surface area (Å²) in [6.45, 7) is 1.76. The van der Waals surface area contributed by atoms with Crippen LogP contribution in [0.1, 0.15) is 25.3 Å². The fraction of sp³-hybridized carbons (Fsp3) is 0.400. The molecule has 1 aliphatic rings. The molecule has 0 radical (unpaired) electrons. The molecule has 32 heavy (non-hydrogen) atoms. The van der Waals surface area contributed by atoms with Crippen LogP contribution in [0.15, 0.2) is 24.3 Å². The summed E-state index contributed by atoms with van der Waals surface area (Å²) in [4.78, 5) is 0. The quantitative estimate of drug-likeness (QED) is 0.364. The van der Waals surface area contributed by atoms with Crippen LogP contribution >= 0.6 is 0 Å². The number of ether oxygens (including phenoxy) is 3. The first kappa shape index (κ1) is 24.0. The van der Waals surface area contributed by atoms with Crippen LogP contribution < -0.4 is 9.47 Å². The minimum Gasteiger partial charge on any atom is -0.429 e. The van der Waals surface area contributed by atoms with E-state index in [4.69, 9.17) is 4.74 Å². The molecule has 0 aliphatic carbocycles. The van der Waals surface area contributed by atoms with Crippen molar-refractivity contribution in [3.63, 3.8) is 0 Å². The van der Waals surface area contributed by atoms with Crippen molar-refractivity contribution in [3.05, 3.63) is 58.9 Å². The molecular formula is C20H15F9O3. The van der Waals surface area contributed by atoms with Gasteiger partial charge in [-0.25, -0.2) is 17.6 Å². The Labute approximate surface area is 175 Å². The molecule has 1 heterocycles. The lowest BCUT2D eigenvalue weighted by molar-refractivity contribution is -0.265. The van der Waals surface area contributed by atoms with Crippen molar-refractivity contribution >= 4 is 0 Å².